The van der Waals surface area contributed by atoms with Crippen molar-refractivity contribution in [3.8, 4) is 22.2 Å². The van der Waals surface area contributed by atoms with Gasteiger partial charge in [0.1, 0.15) is 22.3 Å². The van der Waals surface area contributed by atoms with Crippen LogP contribution in [0.3, 0.4) is 0 Å². The van der Waals surface area contributed by atoms with E-state index in [2.05, 4.69) is 52.2 Å². The standard InChI is InChI=1S/C26H28ClN9O2S/c1-4-22(37)28-8-9-35-10-12-36(13-11-35)21-14-20(30-17(3)31-21)32-26-29-15-19(39-26)24-33-34-25(38-24)23-16(2)6-5-7-18(23)27/h4-7,14-15H,1,8-13H2,2-3H3,(H,28,37)(H,29,30,31,32). The fraction of sp³-hybridized carbons (Fsp3) is 0.308. The fourth-order valence-corrected chi connectivity index (χ4v) is 5.30. The molecule has 0 bridgehead atoms. The molecule has 13 heteroatoms. The van der Waals surface area contributed by atoms with Crippen molar-refractivity contribution in [3.63, 3.8) is 0 Å². The number of aryl methyl sites for hydroxylation is 2. The zero-order chi connectivity index (χ0) is 27.4. The number of rotatable bonds is 9. The maximum Gasteiger partial charge on any atom is 0.259 e. The van der Waals surface area contributed by atoms with Crippen molar-refractivity contribution in [1.29, 1.82) is 0 Å². The zero-order valence-electron chi connectivity index (χ0n) is 21.6. The van der Waals surface area contributed by atoms with Gasteiger partial charge in [-0.15, -0.1) is 10.2 Å². The highest BCUT2D eigenvalue weighted by Gasteiger charge is 2.20. The Morgan fingerprint density at radius 1 is 1.18 bits per heavy atom. The topological polar surface area (TPSA) is 125 Å². The Morgan fingerprint density at radius 3 is 2.74 bits per heavy atom. The molecule has 0 aliphatic carbocycles. The molecule has 39 heavy (non-hydrogen) atoms. The summed E-state index contributed by atoms with van der Waals surface area (Å²) in [4.78, 5) is 30.3. The number of hydrogen-bond donors (Lipinski definition) is 2. The third-order valence-electron chi connectivity index (χ3n) is 6.25. The van der Waals surface area contributed by atoms with E-state index in [1.165, 1.54) is 17.4 Å². The molecule has 4 aromatic rings. The van der Waals surface area contributed by atoms with Crippen LogP contribution in [-0.4, -0.2) is 75.2 Å². The molecule has 1 aliphatic heterocycles. The molecule has 0 atom stereocenters. The van der Waals surface area contributed by atoms with E-state index in [0.29, 0.717) is 40.1 Å². The van der Waals surface area contributed by atoms with Crippen LogP contribution >= 0.6 is 22.9 Å². The first kappa shape index (κ1) is 26.7. The molecule has 0 saturated carbocycles. The quantitative estimate of drug-likeness (QED) is 0.287. The highest BCUT2D eigenvalue weighted by Crippen LogP contribution is 2.35. The van der Waals surface area contributed by atoms with Gasteiger partial charge in [-0.3, -0.25) is 9.69 Å². The monoisotopic (exact) mass is 565 g/mol. The molecular weight excluding hydrogens is 538 g/mol. The minimum atomic E-state index is -0.147. The van der Waals surface area contributed by atoms with Crippen molar-refractivity contribution >= 4 is 45.6 Å². The Balaban J connectivity index is 1.22. The lowest BCUT2D eigenvalue weighted by atomic mass is 10.1. The molecule has 2 N–H and O–H groups in total. The van der Waals surface area contributed by atoms with Crippen molar-refractivity contribution in [2.75, 3.05) is 49.5 Å². The Bertz CT molecular complexity index is 1460. The van der Waals surface area contributed by atoms with E-state index in [0.717, 1.165) is 54.5 Å². The first-order valence-electron chi connectivity index (χ1n) is 12.4. The van der Waals surface area contributed by atoms with Gasteiger partial charge in [-0.1, -0.05) is 41.6 Å². The number of thiazole rings is 1. The Labute approximate surface area is 235 Å². The zero-order valence-corrected chi connectivity index (χ0v) is 23.2. The summed E-state index contributed by atoms with van der Waals surface area (Å²) in [6, 6.07) is 7.56. The third-order valence-corrected chi connectivity index (χ3v) is 7.46. The predicted molar refractivity (Wildman–Crippen MR) is 153 cm³/mol. The lowest BCUT2D eigenvalue weighted by Crippen LogP contribution is -2.48. The molecule has 1 fully saturated rings. The summed E-state index contributed by atoms with van der Waals surface area (Å²) in [5, 5.41) is 15.7. The molecular formula is C26H28ClN9O2S. The lowest BCUT2D eigenvalue weighted by Gasteiger charge is -2.35. The average Bonchev–Trinajstić information content (AvgIpc) is 3.59. The second kappa shape index (κ2) is 11.9. The van der Waals surface area contributed by atoms with E-state index in [9.17, 15) is 4.79 Å². The van der Waals surface area contributed by atoms with Gasteiger partial charge in [-0.2, -0.15) is 0 Å². The maximum atomic E-state index is 11.3. The van der Waals surface area contributed by atoms with Crippen LogP contribution < -0.4 is 15.5 Å². The van der Waals surface area contributed by atoms with E-state index in [1.807, 2.05) is 32.0 Å². The van der Waals surface area contributed by atoms with Gasteiger partial charge >= 0.3 is 0 Å². The number of aromatic nitrogens is 5. The van der Waals surface area contributed by atoms with Crippen LogP contribution in [-0.2, 0) is 4.79 Å². The van der Waals surface area contributed by atoms with Crippen molar-refractivity contribution in [3.05, 3.63) is 59.5 Å². The predicted octanol–water partition coefficient (Wildman–Crippen LogP) is 4.09. The third kappa shape index (κ3) is 6.41. The van der Waals surface area contributed by atoms with Crippen LogP contribution in [0, 0.1) is 13.8 Å². The van der Waals surface area contributed by atoms with Gasteiger partial charge < -0.3 is 20.0 Å². The van der Waals surface area contributed by atoms with Gasteiger partial charge in [0.15, 0.2) is 5.13 Å². The van der Waals surface area contributed by atoms with E-state index < -0.39 is 0 Å². The van der Waals surface area contributed by atoms with Crippen LogP contribution in [0.5, 0.6) is 0 Å². The number of hydrogen-bond acceptors (Lipinski definition) is 11. The second-order valence-corrected chi connectivity index (χ2v) is 10.4. The number of benzene rings is 1. The fourth-order valence-electron chi connectivity index (χ4n) is 4.25. The van der Waals surface area contributed by atoms with Crippen LogP contribution in [0.25, 0.3) is 22.2 Å². The summed E-state index contributed by atoms with van der Waals surface area (Å²) in [6.45, 7) is 12.1. The van der Waals surface area contributed by atoms with Crippen LogP contribution in [0.2, 0.25) is 5.02 Å². The normalized spacial score (nSPS) is 13.9. The molecule has 1 saturated heterocycles. The van der Waals surface area contributed by atoms with Gasteiger partial charge in [0.2, 0.25) is 11.8 Å². The Hall–Kier alpha value is -3.87. The largest absolute Gasteiger partial charge is 0.415 e. The number of nitrogens with zero attached hydrogens (tertiary/aromatic N) is 7. The van der Waals surface area contributed by atoms with Gasteiger partial charge in [0, 0.05) is 45.3 Å². The molecule has 3 aromatic heterocycles. The minimum absolute atomic E-state index is 0.147. The molecule has 0 unspecified atom stereocenters. The summed E-state index contributed by atoms with van der Waals surface area (Å²) in [6.07, 6.45) is 2.98. The second-order valence-electron chi connectivity index (χ2n) is 8.98. The number of halogens is 1. The van der Waals surface area contributed by atoms with Crippen molar-refractivity contribution in [2.45, 2.75) is 13.8 Å². The Kier molecular flexibility index (Phi) is 8.15. The summed E-state index contributed by atoms with van der Waals surface area (Å²) >= 11 is 7.74. The smallest absolute Gasteiger partial charge is 0.259 e. The SMILES string of the molecule is C=CC(=O)NCCN1CCN(c2cc(Nc3ncc(-c4nnc(-c5c(C)cccc5Cl)o4)s3)nc(C)n2)CC1. The molecule has 202 valence electrons. The number of carbonyl (C=O) groups excluding carboxylic acids is 1. The number of carbonyl (C=O) groups is 1. The summed E-state index contributed by atoms with van der Waals surface area (Å²) < 4.78 is 5.92. The van der Waals surface area contributed by atoms with Crippen LogP contribution in [0.15, 0.2) is 47.5 Å². The summed E-state index contributed by atoms with van der Waals surface area (Å²) in [5.41, 5.74) is 1.68. The highest BCUT2D eigenvalue weighted by molar-refractivity contribution is 7.18. The summed E-state index contributed by atoms with van der Waals surface area (Å²) in [5.74, 6) is 2.78. The van der Waals surface area contributed by atoms with E-state index in [-0.39, 0.29) is 5.91 Å². The number of amides is 1. The molecule has 5 rings (SSSR count). The minimum Gasteiger partial charge on any atom is -0.415 e. The van der Waals surface area contributed by atoms with Gasteiger partial charge in [0.25, 0.3) is 5.89 Å². The molecule has 0 radical (unpaired) electrons. The molecule has 4 heterocycles. The number of nitrogens with one attached hydrogen (secondary N) is 2. The molecule has 1 aromatic carbocycles. The van der Waals surface area contributed by atoms with Gasteiger partial charge in [0.05, 0.1) is 16.8 Å². The van der Waals surface area contributed by atoms with E-state index in [4.69, 9.17) is 16.0 Å². The van der Waals surface area contributed by atoms with E-state index >= 15 is 0 Å². The number of anilines is 3. The maximum absolute atomic E-state index is 11.3. The van der Waals surface area contributed by atoms with Crippen LogP contribution in [0.1, 0.15) is 11.4 Å². The van der Waals surface area contributed by atoms with E-state index in [1.54, 1.807) is 12.3 Å². The van der Waals surface area contributed by atoms with Crippen molar-refractivity contribution in [2.24, 2.45) is 0 Å². The molecule has 1 amide bonds. The van der Waals surface area contributed by atoms with Crippen LogP contribution in [0.4, 0.5) is 16.8 Å². The summed E-state index contributed by atoms with van der Waals surface area (Å²) in [7, 11) is 0. The van der Waals surface area contributed by atoms with Gasteiger partial charge in [-0.05, 0) is 31.6 Å². The lowest BCUT2D eigenvalue weighted by molar-refractivity contribution is -0.116. The molecule has 1 aliphatic rings. The van der Waals surface area contributed by atoms with Crippen molar-refractivity contribution < 1.29 is 9.21 Å². The highest BCUT2D eigenvalue weighted by atomic mass is 35.5. The molecule has 0 spiro atoms. The first-order chi connectivity index (χ1) is 18.9. The van der Waals surface area contributed by atoms with Gasteiger partial charge in [-0.25, -0.2) is 15.0 Å². The first-order valence-corrected chi connectivity index (χ1v) is 13.6. The number of piperazine rings is 1. The average molecular weight is 566 g/mol. The molecule has 11 nitrogen and oxygen atoms in total. The van der Waals surface area contributed by atoms with Crippen molar-refractivity contribution in [1.82, 2.24) is 35.4 Å². The Morgan fingerprint density at radius 2 is 1.97 bits per heavy atom.